The van der Waals surface area contributed by atoms with Gasteiger partial charge in [0.1, 0.15) is 4.88 Å². The minimum Gasteiger partial charge on any atom is -0.318 e. The van der Waals surface area contributed by atoms with Crippen LogP contribution < -0.4 is 5.32 Å². The number of hydrogen-bond acceptors (Lipinski definition) is 4. The maximum Gasteiger partial charge on any atom is 0.267 e. The quantitative estimate of drug-likeness (QED) is 0.859. The molecule has 0 aliphatic carbocycles. The Morgan fingerprint density at radius 1 is 1.24 bits per heavy atom. The Kier molecular flexibility index (Phi) is 2.97. The number of carbonyl (C=O) groups excluding carboxylic acids is 1. The molecule has 17 heavy (non-hydrogen) atoms. The summed E-state index contributed by atoms with van der Waals surface area (Å²) in [6.45, 7) is 7.46. The molecular formula is C11H14N4OS. The lowest BCUT2D eigenvalue weighted by molar-refractivity contribution is 0.102. The third kappa shape index (κ3) is 2.21. The van der Waals surface area contributed by atoms with E-state index in [1.54, 1.807) is 0 Å². The maximum atomic E-state index is 12.1. The fraction of sp³-hybridized carbons (Fsp3) is 0.364. The third-order valence-corrected chi connectivity index (χ3v) is 3.55. The zero-order chi connectivity index (χ0) is 12.6. The van der Waals surface area contributed by atoms with Crippen LogP contribution in [-0.2, 0) is 0 Å². The molecule has 2 rings (SSSR count). The molecule has 2 heterocycles. The molecule has 90 valence electrons. The number of nitrogens with zero attached hydrogens (tertiary/aromatic N) is 2. The number of thiazole rings is 1. The summed E-state index contributed by atoms with van der Waals surface area (Å²) < 4.78 is 0. The summed E-state index contributed by atoms with van der Waals surface area (Å²) >= 11 is 1.40. The van der Waals surface area contributed by atoms with Crippen LogP contribution in [-0.4, -0.2) is 21.1 Å². The lowest BCUT2D eigenvalue weighted by Gasteiger charge is -2.03. The number of H-pyrrole nitrogens is 1. The number of aryl methyl sites for hydroxylation is 4. The van der Waals surface area contributed by atoms with E-state index in [0.717, 1.165) is 27.8 Å². The molecule has 0 spiro atoms. The molecule has 0 aliphatic rings. The summed E-state index contributed by atoms with van der Waals surface area (Å²) in [6.07, 6.45) is 0. The first-order valence-electron chi connectivity index (χ1n) is 5.26. The Bertz CT molecular complexity index is 551. The van der Waals surface area contributed by atoms with Crippen LogP contribution in [0.15, 0.2) is 0 Å². The van der Waals surface area contributed by atoms with Gasteiger partial charge in [-0.15, -0.1) is 11.3 Å². The summed E-state index contributed by atoms with van der Waals surface area (Å²) in [6, 6.07) is 0. The van der Waals surface area contributed by atoms with Crippen LogP contribution in [0.3, 0.4) is 0 Å². The van der Waals surface area contributed by atoms with Gasteiger partial charge in [-0.05, 0) is 27.7 Å². The Hall–Kier alpha value is -1.69. The van der Waals surface area contributed by atoms with Gasteiger partial charge in [-0.1, -0.05) is 0 Å². The van der Waals surface area contributed by atoms with Gasteiger partial charge in [0.15, 0.2) is 0 Å². The van der Waals surface area contributed by atoms with Crippen molar-refractivity contribution in [2.75, 3.05) is 5.32 Å². The molecule has 0 aliphatic heterocycles. The Morgan fingerprint density at radius 3 is 2.41 bits per heavy atom. The van der Waals surface area contributed by atoms with Crippen molar-refractivity contribution < 1.29 is 4.79 Å². The number of carbonyl (C=O) groups is 1. The number of rotatable bonds is 2. The molecule has 6 heteroatoms. The lowest BCUT2D eigenvalue weighted by Crippen LogP contribution is -2.12. The number of nitrogens with one attached hydrogen (secondary N) is 2. The molecule has 1 amide bonds. The van der Waals surface area contributed by atoms with E-state index in [-0.39, 0.29) is 5.91 Å². The van der Waals surface area contributed by atoms with Crippen LogP contribution in [0.2, 0.25) is 0 Å². The SMILES string of the molecule is Cc1nc(C)c(C(=O)Nc2c(C)n[nH]c2C)s1. The second-order valence-corrected chi connectivity index (χ2v) is 5.11. The van der Waals surface area contributed by atoms with Gasteiger partial charge in [0.25, 0.3) is 5.91 Å². The summed E-state index contributed by atoms with van der Waals surface area (Å²) in [4.78, 5) is 17.0. The van der Waals surface area contributed by atoms with Gasteiger partial charge in [-0.3, -0.25) is 9.89 Å². The first kappa shape index (κ1) is 11.8. The van der Waals surface area contributed by atoms with Crippen molar-refractivity contribution in [2.45, 2.75) is 27.7 Å². The highest BCUT2D eigenvalue weighted by Crippen LogP contribution is 2.21. The van der Waals surface area contributed by atoms with E-state index < -0.39 is 0 Å². The molecule has 0 fully saturated rings. The second-order valence-electron chi connectivity index (χ2n) is 3.91. The summed E-state index contributed by atoms with van der Waals surface area (Å²) in [5, 5.41) is 10.6. The Balaban J connectivity index is 2.26. The van der Waals surface area contributed by atoms with Crippen molar-refractivity contribution >= 4 is 22.9 Å². The molecule has 0 unspecified atom stereocenters. The molecule has 0 aromatic carbocycles. The van der Waals surface area contributed by atoms with Gasteiger partial charge >= 0.3 is 0 Å². The van der Waals surface area contributed by atoms with Crippen LogP contribution in [0.1, 0.15) is 31.8 Å². The average Bonchev–Trinajstić information content (AvgIpc) is 2.74. The number of amides is 1. The van der Waals surface area contributed by atoms with E-state index in [1.165, 1.54) is 11.3 Å². The van der Waals surface area contributed by atoms with Crippen molar-refractivity contribution in [1.82, 2.24) is 15.2 Å². The molecular weight excluding hydrogens is 236 g/mol. The van der Waals surface area contributed by atoms with E-state index in [2.05, 4.69) is 20.5 Å². The van der Waals surface area contributed by atoms with Crippen molar-refractivity contribution in [2.24, 2.45) is 0 Å². The second kappa shape index (κ2) is 4.29. The first-order chi connectivity index (χ1) is 7.99. The van der Waals surface area contributed by atoms with Crippen LogP contribution >= 0.6 is 11.3 Å². The summed E-state index contributed by atoms with van der Waals surface area (Å²) in [7, 11) is 0. The number of anilines is 1. The van der Waals surface area contributed by atoms with E-state index >= 15 is 0 Å². The average molecular weight is 250 g/mol. The van der Waals surface area contributed by atoms with Crippen molar-refractivity contribution in [3.05, 3.63) is 27.0 Å². The predicted octanol–water partition coefficient (Wildman–Crippen LogP) is 2.35. The Labute approximate surface area is 103 Å². The molecule has 0 atom stereocenters. The van der Waals surface area contributed by atoms with Gasteiger partial charge in [-0.2, -0.15) is 5.10 Å². The standard InChI is InChI=1S/C11H14N4OS/c1-5-9(6(2)15-14-5)13-11(16)10-7(3)12-8(4)17-10/h1-4H3,(H,13,16)(H,14,15). The smallest absolute Gasteiger partial charge is 0.267 e. The fourth-order valence-corrected chi connectivity index (χ4v) is 2.46. The topological polar surface area (TPSA) is 70.7 Å². The van der Waals surface area contributed by atoms with Crippen molar-refractivity contribution in [3.63, 3.8) is 0 Å². The third-order valence-electron chi connectivity index (χ3n) is 2.48. The molecule has 5 nitrogen and oxygen atoms in total. The van der Waals surface area contributed by atoms with Gasteiger partial charge in [-0.25, -0.2) is 4.98 Å². The number of aromatic nitrogens is 3. The number of aromatic amines is 1. The van der Waals surface area contributed by atoms with E-state index in [0.29, 0.717) is 4.88 Å². The molecule has 2 aromatic rings. The van der Waals surface area contributed by atoms with Crippen LogP contribution in [0.4, 0.5) is 5.69 Å². The van der Waals surface area contributed by atoms with E-state index in [9.17, 15) is 4.79 Å². The zero-order valence-electron chi connectivity index (χ0n) is 10.2. The van der Waals surface area contributed by atoms with Crippen molar-refractivity contribution in [1.29, 1.82) is 0 Å². The lowest BCUT2D eigenvalue weighted by atomic mass is 10.3. The summed E-state index contributed by atoms with van der Waals surface area (Å²) in [5.41, 5.74) is 3.16. The molecule has 0 saturated heterocycles. The summed E-state index contributed by atoms with van der Waals surface area (Å²) in [5.74, 6) is -0.124. The normalized spacial score (nSPS) is 10.6. The van der Waals surface area contributed by atoms with Crippen LogP contribution in [0.25, 0.3) is 0 Å². The molecule has 2 N–H and O–H groups in total. The monoisotopic (exact) mass is 250 g/mol. The maximum absolute atomic E-state index is 12.1. The Morgan fingerprint density at radius 2 is 1.94 bits per heavy atom. The zero-order valence-corrected chi connectivity index (χ0v) is 11.0. The minimum absolute atomic E-state index is 0.124. The molecule has 0 bridgehead atoms. The van der Waals surface area contributed by atoms with Gasteiger partial charge in [0.05, 0.1) is 27.8 Å². The highest BCUT2D eigenvalue weighted by atomic mass is 32.1. The number of hydrogen-bond donors (Lipinski definition) is 2. The van der Waals surface area contributed by atoms with E-state index in [4.69, 9.17) is 0 Å². The molecule has 0 saturated carbocycles. The predicted molar refractivity (Wildman–Crippen MR) is 67.6 cm³/mol. The molecule has 2 aromatic heterocycles. The van der Waals surface area contributed by atoms with Crippen LogP contribution in [0.5, 0.6) is 0 Å². The van der Waals surface area contributed by atoms with E-state index in [1.807, 2.05) is 27.7 Å². The van der Waals surface area contributed by atoms with Crippen LogP contribution in [0, 0.1) is 27.7 Å². The fourth-order valence-electron chi connectivity index (χ4n) is 1.65. The highest BCUT2D eigenvalue weighted by Gasteiger charge is 2.16. The largest absolute Gasteiger partial charge is 0.318 e. The van der Waals surface area contributed by atoms with Crippen molar-refractivity contribution in [3.8, 4) is 0 Å². The van der Waals surface area contributed by atoms with Gasteiger partial charge < -0.3 is 5.32 Å². The molecule has 0 radical (unpaired) electrons. The highest BCUT2D eigenvalue weighted by molar-refractivity contribution is 7.13. The van der Waals surface area contributed by atoms with Gasteiger partial charge in [0.2, 0.25) is 0 Å². The van der Waals surface area contributed by atoms with Gasteiger partial charge in [0, 0.05) is 0 Å². The first-order valence-corrected chi connectivity index (χ1v) is 6.07. The minimum atomic E-state index is -0.124.